The molecule has 0 saturated carbocycles. The maximum Gasteiger partial charge on any atom is 0.295 e. The minimum Gasteiger partial charge on any atom is -0.444 e. The van der Waals surface area contributed by atoms with E-state index in [2.05, 4.69) is 20.4 Å². The molecule has 1 amide bonds. The van der Waals surface area contributed by atoms with Crippen molar-refractivity contribution in [2.45, 2.75) is 19.6 Å². The minimum atomic E-state index is -1.09. The fourth-order valence-electron chi connectivity index (χ4n) is 3.99. The van der Waals surface area contributed by atoms with E-state index in [1.165, 1.54) is 30.3 Å². The first-order valence-electron chi connectivity index (χ1n) is 12.2. The van der Waals surface area contributed by atoms with Gasteiger partial charge in [-0.05, 0) is 73.2 Å². The van der Waals surface area contributed by atoms with Crippen molar-refractivity contribution in [2.75, 3.05) is 0 Å². The summed E-state index contributed by atoms with van der Waals surface area (Å²) in [7, 11) is 0. The van der Waals surface area contributed by atoms with Crippen LogP contribution in [-0.4, -0.2) is 33.7 Å². The Morgan fingerprint density at radius 3 is 2.45 bits per heavy atom. The number of rotatable bonds is 9. The Morgan fingerprint density at radius 2 is 1.73 bits per heavy atom. The highest BCUT2D eigenvalue weighted by Gasteiger charge is 2.19. The second kappa shape index (κ2) is 11.6. The molecule has 1 unspecified atom stereocenters. The summed E-state index contributed by atoms with van der Waals surface area (Å²) in [6.07, 6.45) is -1.11. The molecule has 0 aliphatic rings. The summed E-state index contributed by atoms with van der Waals surface area (Å²) in [5.41, 5.74) is 3.51. The molecule has 1 atom stereocenters. The van der Waals surface area contributed by atoms with Gasteiger partial charge < -0.3 is 14.6 Å². The number of aromatic nitrogens is 3. The van der Waals surface area contributed by atoms with Gasteiger partial charge in [0, 0.05) is 17.5 Å². The van der Waals surface area contributed by atoms with Gasteiger partial charge in [-0.15, -0.1) is 0 Å². The van der Waals surface area contributed by atoms with E-state index in [-0.39, 0.29) is 41.7 Å². The third-order valence-corrected chi connectivity index (χ3v) is 6.05. The van der Waals surface area contributed by atoms with Gasteiger partial charge in [-0.3, -0.25) is 9.59 Å². The van der Waals surface area contributed by atoms with Gasteiger partial charge >= 0.3 is 0 Å². The Balaban J connectivity index is 1.29. The van der Waals surface area contributed by atoms with Crippen LogP contribution >= 0.6 is 0 Å². The van der Waals surface area contributed by atoms with E-state index in [0.29, 0.717) is 22.4 Å². The molecule has 0 aliphatic carbocycles. The predicted molar refractivity (Wildman–Crippen MR) is 142 cm³/mol. The summed E-state index contributed by atoms with van der Waals surface area (Å²) in [6, 6.07) is 22.3. The first-order chi connectivity index (χ1) is 19.4. The molecule has 0 fully saturated rings. The Kier molecular flexibility index (Phi) is 7.68. The van der Waals surface area contributed by atoms with E-state index in [0.717, 1.165) is 5.56 Å². The number of ether oxygens (including phenoxy) is 1. The van der Waals surface area contributed by atoms with Crippen molar-refractivity contribution in [1.29, 1.82) is 0 Å². The second-order valence-corrected chi connectivity index (χ2v) is 8.92. The molecule has 8 nitrogen and oxygen atoms in total. The lowest BCUT2D eigenvalue weighted by Crippen LogP contribution is -2.38. The van der Waals surface area contributed by atoms with Gasteiger partial charge in [0.25, 0.3) is 18.3 Å². The van der Waals surface area contributed by atoms with Crippen molar-refractivity contribution >= 4 is 12.4 Å². The fourth-order valence-corrected chi connectivity index (χ4v) is 3.99. The number of carbonyl (C=O) groups excluding carboxylic acids is 2. The van der Waals surface area contributed by atoms with E-state index >= 15 is 4.39 Å². The van der Waals surface area contributed by atoms with Crippen LogP contribution in [0.3, 0.4) is 0 Å². The number of nitrogens with zero attached hydrogens (tertiary/aromatic N) is 3. The molecule has 0 radical (unpaired) electrons. The number of hydrogen-bond acceptors (Lipinski definition) is 7. The smallest absolute Gasteiger partial charge is 0.295 e. The SMILES string of the molecule is Cc1ccc(-c2nc(-c3ccc(CC(NC(=O)c4cccc(-c5ccc(F)cc5)n4)OC=O)cc3F)no2)cc1. The highest BCUT2D eigenvalue weighted by Crippen LogP contribution is 2.25. The van der Waals surface area contributed by atoms with Crippen LogP contribution in [-0.2, 0) is 16.0 Å². The van der Waals surface area contributed by atoms with Crippen LogP contribution in [0.5, 0.6) is 0 Å². The average Bonchev–Trinajstić information content (AvgIpc) is 3.44. The number of amides is 1. The van der Waals surface area contributed by atoms with Gasteiger partial charge in [-0.1, -0.05) is 35.0 Å². The van der Waals surface area contributed by atoms with Gasteiger partial charge in [-0.2, -0.15) is 4.98 Å². The zero-order valence-electron chi connectivity index (χ0n) is 21.2. The number of pyridine rings is 1. The molecule has 40 heavy (non-hydrogen) atoms. The van der Waals surface area contributed by atoms with Gasteiger partial charge in [0.15, 0.2) is 6.23 Å². The van der Waals surface area contributed by atoms with E-state index in [9.17, 15) is 14.0 Å². The summed E-state index contributed by atoms with van der Waals surface area (Å²) in [5, 5.41) is 6.48. The summed E-state index contributed by atoms with van der Waals surface area (Å²) >= 11 is 0. The largest absolute Gasteiger partial charge is 0.444 e. The molecule has 0 saturated heterocycles. The molecular weight excluding hydrogens is 518 g/mol. The Hall–Kier alpha value is -5.25. The van der Waals surface area contributed by atoms with Crippen LogP contribution in [0.2, 0.25) is 0 Å². The van der Waals surface area contributed by atoms with Gasteiger partial charge in [-0.25, -0.2) is 13.8 Å². The van der Waals surface area contributed by atoms with Crippen molar-refractivity contribution in [3.8, 4) is 34.1 Å². The monoisotopic (exact) mass is 540 g/mol. The van der Waals surface area contributed by atoms with Crippen LogP contribution in [0.1, 0.15) is 21.6 Å². The third kappa shape index (κ3) is 6.07. The highest BCUT2D eigenvalue weighted by molar-refractivity contribution is 5.93. The van der Waals surface area contributed by atoms with Crippen LogP contribution in [0.4, 0.5) is 8.78 Å². The van der Waals surface area contributed by atoms with Crippen LogP contribution < -0.4 is 5.32 Å². The summed E-state index contributed by atoms with van der Waals surface area (Å²) in [4.78, 5) is 32.6. The van der Waals surface area contributed by atoms with Crippen molar-refractivity contribution < 1.29 is 27.6 Å². The quantitative estimate of drug-likeness (QED) is 0.194. The van der Waals surface area contributed by atoms with Crippen molar-refractivity contribution in [2.24, 2.45) is 0 Å². The van der Waals surface area contributed by atoms with E-state index in [1.54, 1.807) is 30.3 Å². The molecule has 5 rings (SSSR count). The minimum absolute atomic E-state index is 0.0137. The molecule has 0 spiro atoms. The zero-order valence-corrected chi connectivity index (χ0v) is 21.2. The lowest BCUT2D eigenvalue weighted by atomic mass is 10.1. The molecular formula is C30H22F2N4O4. The Labute approximate surface area is 227 Å². The number of carbonyl (C=O) groups is 2. The van der Waals surface area contributed by atoms with E-state index < -0.39 is 18.0 Å². The maximum absolute atomic E-state index is 15.0. The fraction of sp³-hybridized carbons (Fsp3) is 0.100. The summed E-state index contributed by atoms with van der Waals surface area (Å²) in [5.74, 6) is -1.26. The topological polar surface area (TPSA) is 107 Å². The molecule has 0 aliphatic heterocycles. The molecule has 5 aromatic rings. The number of nitrogens with one attached hydrogen (secondary N) is 1. The Morgan fingerprint density at radius 1 is 0.975 bits per heavy atom. The third-order valence-electron chi connectivity index (χ3n) is 6.05. The first kappa shape index (κ1) is 26.4. The number of benzene rings is 3. The van der Waals surface area contributed by atoms with Gasteiger partial charge in [0.2, 0.25) is 5.82 Å². The van der Waals surface area contributed by atoms with E-state index in [4.69, 9.17) is 9.26 Å². The number of halogens is 2. The molecule has 0 bridgehead atoms. The van der Waals surface area contributed by atoms with Gasteiger partial charge in [0.1, 0.15) is 17.3 Å². The first-order valence-corrected chi connectivity index (χ1v) is 12.2. The van der Waals surface area contributed by atoms with Crippen molar-refractivity contribution in [3.05, 3.63) is 113 Å². The molecule has 200 valence electrons. The van der Waals surface area contributed by atoms with E-state index in [1.807, 2.05) is 31.2 Å². The normalized spacial score (nSPS) is 11.6. The predicted octanol–water partition coefficient (Wildman–Crippen LogP) is 5.52. The molecule has 3 aromatic carbocycles. The van der Waals surface area contributed by atoms with Crippen molar-refractivity contribution in [3.63, 3.8) is 0 Å². The average molecular weight is 541 g/mol. The maximum atomic E-state index is 15.0. The van der Waals surface area contributed by atoms with Crippen LogP contribution in [0, 0.1) is 18.6 Å². The zero-order chi connectivity index (χ0) is 28.1. The standard InChI is InChI=1S/C30H22F2N4O4/c1-18-5-8-21(9-6-18)30-35-28(36-40-30)23-14-7-19(15-24(23)32)16-27(39-17-37)34-29(38)26-4-2-3-25(33-26)20-10-12-22(31)13-11-20/h2-15,17,27H,16H2,1H3,(H,34,38). The molecule has 10 heteroatoms. The lowest BCUT2D eigenvalue weighted by Gasteiger charge is -2.17. The Bertz CT molecular complexity index is 1650. The number of aryl methyl sites for hydroxylation is 1. The highest BCUT2D eigenvalue weighted by atomic mass is 19.1. The summed E-state index contributed by atoms with van der Waals surface area (Å²) in [6.45, 7) is 2.16. The van der Waals surface area contributed by atoms with Crippen LogP contribution in [0.25, 0.3) is 34.1 Å². The lowest BCUT2D eigenvalue weighted by molar-refractivity contribution is -0.134. The second-order valence-electron chi connectivity index (χ2n) is 8.92. The molecule has 2 aromatic heterocycles. The summed E-state index contributed by atoms with van der Waals surface area (Å²) < 4.78 is 38.6. The number of hydrogen-bond donors (Lipinski definition) is 1. The molecule has 1 N–H and O–H groups in total. The van der Waals surface area contributed by atoms with Crippen molar-refractivity contribution in [1.82, 2.24) is 20.4 Å². The van der Waals surface area contributed by atoms with Crippen LogP contribution in [0.15, 0.2) is 89.5 Å². The van der Waals surface area contributed by atoms with Gasteiger partial charge in [0.05, 0.1) is 11.3 Å². The molecule has 2 heterocycles.